The van der Waals surface area contributed by atoms with Crippen molar-refractivity contribution in [3.63, 3.8) is 0 Å². The first-order valence-corrected chi connectivity index (χ1v) is 5.54. The Hall–Kier alpha value is -2.69. The van der Waals surface area contributed by atoms with E-state index >= 15 is 0 Å². The lowest BCUT2D eigenvalue weighted by molar-refractivity contribution is 0.203. The van der Waals surface area contributed by atoms with E-state index in [1.807, 2.05) is 6.07 Å². The second kappa shape index (κ2) is 7.60. The van der Waals surface area contributed by atoms with Crippen molar-refractivity contribution in [3.05, 3.63) is 54.6 Å². The molecule has 0 aliphatic rings. The zero-order valence-electron chi connectivity index (χ0n) is 10.4. The molecule has 0 heterocycles. The number of phenols is 2. The second-order valence-corrected chi connectivity index (χ2v) is 3.47. The molecule has 0 saturated carbocycles. The van der Waals surface area contributed by atoms with Crippen LogP contribution in [0.1, 0.15) is 0 Å². The molecule has 0 atom stereocenters. The van der Waals surface area contributed by atoms with E-state index in [4.69, 9.17) is 14.9 Å². The molecule has 2 aromatic carbocycles. The summed E-state index contributed by atoms with van der Waals surface area (Å²) in [6, 6.07) is 14.8. The maximum Gasteiger partial charge on any atom is 0.412 e. The van der Waals surface area contributed by atoms with Gasteiger partial charge in [-0.3, -0.25) is 0 Å². The maximum absolute atomic E-state index is 10.6. The van der Waals surface area contributed by atoms with Gasteiger partial charge in [0.2, 0.25) is 0 Å². The summed E-state index contributed by atoms with van der Waals surface area (Å²) in [7, 11) is 1.52. The number of carbonyl (C=O) groups is 1. The first-order chi connectivity index (χ1) is 9.11. The van der Waals surface area contributed by atoms with E-state index in [0.29, 0.717) is 5.75 Å². The van der Waals surface area contributed by atoms with E-state index in [-0.39, 0.29) is 11.5 Å². The normalized spacial score (nSPS) is 8.89. The van der Waals surface area contributed by atoms with Gasteiger partial charge in [0.15, 0.2) is 0 Å². The Labute approximate surface area is 111 Å². The maximum atomic E-state index is 10.6. The van der Waals surface area contributed by atoms with Crippen LogP contribution in [0.2, 0.25) is 0 Å². The minimum atomic E-state index is -0.448. The Morgan fingerprint density at radius 2 is 1.58 bits per heavy atom. The van der Waals surface area contributed by atoms with Crippen molar-refractivity contribution < 1.29 is 19.7 Å². The van der Waals surface area contributed by atoms with Crippen LogP contribution in [0, 0.1) is 0 Å². The fourth-order valence-corrected chi connectivity index (χ4v) is 1.14. The van der Waals surface area contributed by atoms with Crippen molar-refractivity contribution in [3.8, 4) is 17.2 Å². The molecule has 0 radical (unpaired) electrons. The fraction of sp³-hybridized carbons (Fsp3) is 0.0714. The number of ether oxygens (including phenoxy) is 1. The molecule has 2 aromatic rings. The Morgan fingerprint density at radius 3 is 2.00 bits per heavy atom. The summed E-state index contributed by atoms with van der Waals surface area (Å²) >= 11 is 0. The van der Waals surface area contributed by atoms with E-state index < -0.39 is 6.09 Å². The van der Waals surface area contributed by atoms with Gasteiger partial charge in [0.1, 0.15) is 17.2 Å². The van der Waals surface area contributed by atoms with E-state index in [1.54, 1.807) is 30.3 Å². The number of para-hydroxylation sites is 1. The van der Waals surface area contributed by atoms with Crippen molar-refractivity contribution in [1.82, 2.24) is 5.32 Å². The highest BCUT2D eigenvalue weighted by Gasteiger charge is 1.97. The third-order valence-corrected chi connectivity index (χ3v) is 1.99. The topological polar surface area (TPSA) is 78.8 Å². The lowest BCUT2D eigenvalue weighted by Gasteiger charge is -2.00. The smallest absolute Gasteiger partial charge is 0.412 e. The summed E-state index contributed by atoms with van der Waals surface area (Å²) in [4.78, 5) is 10.6. The highest BCUT2D eigenvalue weighted by Crippen LogP contribution is 2.14. The summed E-state index contributed by atoms with van der Waals surface area (Å²) in [6.45, 7) is 0. The van der Waals surface area contributed by atoms with Crippen molar-refractivity contribution in [1.29, 1.82) is 0 Å². The molecule has 0 aliphatic heterocycles. The number of phenolic OH excluding ortho intramolecular Hbond substituents is 2. The number of hydrogen-bond acceptors (Lipinski definition) is 4. The van der Waals surface area contributed by atoms with Crippen LogP contribution >= 0.6 is 0 Å². The Morgan fingerprint density at radius 1 is 1.00 bits per heavy atom. The molecule has 19 heavy (non-hydrogen) atoms. The van der Waals surface area contributed by atoms with Crippen LogP contribution in [-0.2, 0) is 0 Å². The molecule has 0 saturated heterocycles. The van der Waals surface area contributed by atoms with Crippen LogP contribution in [0.15, 0.2) is 54.6 Å². The number of rotatable bonds is 1. The molecule has 1 amide bonds. The van der Waals surface area contributed by atoms with Gasteiger partial charge in [-0.25, -0.2) is 4.79 Å². The molecule has 0 aliphatic carbocycles. The largest absolute Gasteiger partial charge is 0.508 e. The lowest BCUT2D eigenvalue weighted by Crippen LogP contribution is -2.21. The minimum absolute atomic E-state index is 0.0880. The molecule has 0 aromatic heterocycles. The van der Waals surface area contributed by atoms with Crippen LogP contribution in [0.3, 0.4) is 0 Å². The number of hydrogen-bond donors (Lipinski definition) is 3. The molecule has 100 valence electrons. The van der Waals surface area contributed by atoms with Gasteiger partial charge in [0, 0.05) is 13.1 Å². The fourth-order valence-electron chi connectivity index (χ4n) is 1.14. The monoisotopic (exact) mass is 261 g/mol. The van der Waals surface area contributed by atoms with Crippen LogP contribution in [0.25, 0.3) is 0 Å². The van der Waals surface area contributed by atoms with Gasteiger partial charge in [-0.15, -0.1) is 0 Å². The lowest BCUT2D eigenvalue weighted by atomic mass is 10.3. The van der Waals surface area contributed by atoms with Gasteiger partial charge in [-0.05, 0) is 24.3 Å². The Kier molecular flexibility index (Phi) is 5.75. The van der Waals surface area contributed by atoms with E-state index in [0.717, 1.165) is 0 Å². The number of nitrogens with one attached hydrogen (secondary N) is 1. The van der Waals surface area contributed by atoms with Crippen LogP contribution in [0.4, 0.5) is 4.79 Å². The molecule has 0 unspecified atom stereocenters. The molecule has 2 rings (SSSR count). The summed E-state index contributed by atoms with van der Waals surface area (Å²) in [5, 5.41) is 19.7. The molecule has 3 N–H and O–H groups in total. The second-order valence-electron chi connectivity index (χ2n) is 3.47. The van der Waals surface area contributed by atoms with Gasteiger partial charge >= 0.3 is 6.09 Å². The first-order valence-electron chi connectivity index (χ1n) is 5.54. The quantitative estimate of drug-likeness (QED) is 0.737. The van der Waals surface area contributed by atoms with Crippen LogP contribution in [-0.4, -0.2) is 23.4 Å². The van der Waals surface area contributed by atoms with Gasteiger partial charge in [-0.1, -0.05) is 24.3 Å². The number of aromatic hydroxyl groups is 2. The van der Waals surface area contributed by atoms with Gasteiger partial charge < -0.3 is 20.3 Å². The number of benzene rings is 2. The molecular formula is C14H15NO4. The zero-order chi connectivity index (χ0) is 14.1. The Balaban J connectivity index is 0.000000200. The summed E-state index contributed by atoms with van der Waals surface area (Å²) in [5.41, 5.74) is 0. The van der Waals surface area contributed by atoms with Crippen molar-refractivity contribution in [2.75, 3.05) is 7.05 Å². The van der Waals surface area contributed by atoms with Crippen molar-refractivity contribution in [2.45, 2.75) is 0 Å². The van der Waals surface area contributed by atoms with Gasteiger partial charge in [0.25, 0.3) is 0 Å². The average Bonchev–Trinajstić information content (AvgIpc) is 2.40. The third kappa shape index (κ3) is 5.97. The molecule has 0 fully saturated rings. The molecule has 5 heteroatoms. The predicted octanol–water partition coefficient (Wildman–Crippen LogP) is 2.50. The molecule has 0 bridgehead atoms. The third-order valence-electron chi connectivity index (χ3n) is 1.99. The number of amides is 1. The summed E-state index contributed by atoms with van der Waals surface area (Å²) in [6.07, 6.45) is -0.448. The SMILES string of the molecule is CNC(=O)Oc1ccccc1.Oc1cccc(O)c1. The summed E-state index contributed by atoms with van der Waals surface area (Å²) < 4.78 is 4.81. The average molecular weight is 261 g/mol. The highest BCUT2D eigenvalue weighted by molar-refractivity contribution is 5.69. The van der Waals surface area contributed by atoms with Crippen molar-refractivity contribution >= 4 is 6.09 Å². The van der Waals surface area contributed by atoms with Gasteiger partial charge in [0.05, 0.1) is 0 Å². The zero-order valence-corrected chi connectivity index (χ0v) is 10.4. The predicted molar refractivity (Wildman–Crippen MR) is 71.3 cm³/mol. The van der Waals surface area contributed by atoms with E-state index in [1.165, 1.54) is 25.2 Å². The minimum Gasteiger partial charge on any atom is -0.508 e. The van der Waals surface area contributed by atoms with Crippen LogP contribution in [0.5, 0.6) is 17.2 Å². The summed E-state index contributed by atoms with van der Waals surface area (Å²) in [5.74, 6) is 0.724. The van der Waals surface area contributed by atoms with Gasteiger partial charge in [-0.2, -0.15) is 0 Å². The van der Waals surface area contributed by atoms with E-state index in [2.05, 4.69) is 5.32 Å². The highest BCUT2D eigenvalue weighted by atomic mass is 16.5. The van der Waals surface area contributed by atoms with E-state index in [9.17, 15) is 4.79 Å². The Bertz CT molecular complexity index is 497. The molecular weight excluding hydrogens is 246 g/mol. The van der Waals surface area contributed by atoms with Crippen LogP contribution < -0.4 is 10.1 Å². The first kappa shape index (κ1) is 14.4. The number of carbonyl (C=O) groups excluding carboxylic acids is 1. The standard InChI is InChI=1S/C8H9NO2.C6H6O2/c1-9-8(10)11-7-5-3-2-4-6-7;7-5-2-1-3-6(8)4-5/h2-6H,1H3,(H,9,10);1-4,7-8H. The molecule has 5 nitrogen and oxygen atoms in total. The molecule has 0 spiro atoms. The van der Waals surface area contributed by atoms with Crippen molar-refractivity contribution in [2.24, 2.45) is 0 Å².